The largest absolute Gasteiger partial charge is 0.350 e. The molecule has 45 heavy (non-hydrogen) atoms. The molecule has 3 saturated heterocycles. The second-order valence-corrected chi connectivity index (χ2v) is 12.9. The van der Waals surface area contributed by atoms with Gasteiger partial charge < -0.3 is 20.4 Å². The third-order valence-corrected chi connectivity index (χ3v) is 9.96. The number of hydrogen-bond donors (Lipinski definition) is 2. The van der Waals surface area contributed by atoms with E-state index in [2.05, 4.69) is 57.3 Å². The molecular formula is C35H41N7O3. The Morgan fingerprint density at radius 2 is 1.80 bits per heavy atom. The smallest absolute Gasteiger partial charge is 0.243 e. The van der Waals surface area contributed by atoms with Crippen LogP contribution in [0.3, 0.4) is 0 Å². The van der Waals surface area contributed by atoms with Crippen LogP contribution in [0.25, 0.3) is 21.8 Å². The number of rotatable bonds is 7. The van der Waals surface area contributed by atoms with Gasteiger partial charge in [0.25, 0.3) is 0 Å². The summed E-state index contributed by atoms with van der Waals surface area (Å²) in [7, 11) is 1.85. The Hall–Kier alpha value is -4.31. The number of fused-ring (bicyclic) bond motifs is 2. The predicted octanol–water partition coefficient (Wildman–Crippen LogP) is 3.19. The second kappa shape index (κ2) is 12.6. The molecule has 3 aliphatic rings. The molecular weight excluding hydrogens is 566 g/mol. The summed E-state index contributed by atoms with van der Waals surface area (Å²) in [5.41, 5.74) is 3.84. The van der Waals surface area contributed by atoms with E-state index in [4.69, 9.17) is 0 Å². The van der Waals surface area contributed by atoms with Gasteiger partial charge in [-0.25, -0.2) is 4.68 Å². The third-order valence-electron chi connectivity index (χ3n) is 9.96. The highest BCUT2D eigenvalue weighted by molar-refractivity contribution is 5.94. The van der Waals surface area contributed by atoms with Crippen LogP contribution in [0.2, 0.25) is 0 Å². The summed E-state index contributed by atoms with van der Waals surface area (Å²) in [5.74, 6) is -0.508. The number of likely N-dealkylation sites (tertiary alicyclic amines) is 2. The minimum atomic E-state index is -0.613. The van der Waals surface area contributed by atoms with Gasteiger partial charge >= 0.3 is 0 Å². The average Bonchev–Trinajstić information content (AvgIpc) is 3.84. The summed E-state index contributed by atoms with van der Waals surface area (Å²) in [6, 6.07) is 19.3. The monoisotopic (exact) mass is 607 g/mol. The van der Waals surface area contributed by atoms with Gasteiger partial charge in [0.15, 0.2) is 0 Å². The lowest BCUT2D eigenvalue weighted by Gasteiger charge is -2.36. The zero-order valence-corrected chi connectivity index (χ0v) is 25.8. The van der Waals surface area contributed by atoms with E-state index in [1.165, 1.54) is 16.3 Å². The molecule has 4 aromatic rings. The molecule has 3 aromatic carbocycles. The van der Waals surface area contributed by atoms with Crippen molar-refractivity contribution in [3.05, 3.63) is 71.8 Å². The standard InChI is InChI=1S/C35H41N7O3/c1-40-30-14-13-23(19-29(30)38-39-40)21-37-33(43)31-20-24(18-26-10-6-9-25-8-2-3-11-27(25)26)22-42(31)35(45)32-28(12-7-15-36-32)34(44)41-16-4-5-17-41/h2-3,6,8-11,13-14,19,24,28,31-32,36H,4-5,7,12,15-18,20-22H2,1H3,(H,37,43)/t24-,28+,31+,32-/m1/s1. The minimum Gasteiger partial charge on any atom is -0.350 e. The van der Waals surface area contributed by atoms with Gasteiger partial charge in [0.2, 0.25) is 17.7 Å². The van der Waals surface area contributed by atoms with Crippen LogP contribution in [0.15, 0.2) is 60.7 Å². The molecule has 3 fully saturated rings. The van der Waals surface area contributed by atoms with Crippen LogP contribution < -0.4 is 10.6 Å². The first-order chi connectivity index (χ1) is 22.0. The SMILES string of the molecule is Cn1nnc2cc(CNC(=O)[C@@H]3C[C@@H](Cc4cccc5ccccc45)CN3C(=O)[C@@H]3NCCC[C@@H]3C(=O)N3CCCC3)ccc21. The van der Waals surface area contributed by atoms with Crippen LogP contribution in [0.1, 0.15) is 43.2 Å². The zero-order valence-electron chi connectivity index (χ0n) is 25.8. The fraction of sp³-hybridized carbons (Fsp3) is 0.457. The highest BCUT2D eigenvalue weighted by Gasteiger charge is 2.46. The molecule has 10 nitrogen and oxygen atoms in total. The first-order valence-electron chi connectivity index (χ1n) is 16.3. The number of carbonyl (C=O) groups is 3. The lowest BCUT2D eigenvalue weighted by atomic mass is 9.88. The van der Waals surface area contributed by atoms with E-state index in [0.29, 0.717) is 32.5 Å². The van der Waals surface area contributed by atoms with Gasteiger partial charge in [-0.2, -0.15) is 0 Å². The van der Waals surface area contributed by atoms with Crippen LogP contribution in [-0.2, 0) is 34.4 Å². The van der Waals surface area contributed by atoms with Gasteiger partial charge in [0, 0.05) is 33.2 Å². The Morgan fingerprint density at radius 1 is 0.978 bits per heavy atom. The van der Waals surface area contributed by atoms with Gasteiger partial charge in [-0.05, 0) is 85.0 Å². The fourth-order valence-corrected chi connectivity index (χ4v) is 7.61. The molecule has 4 atom stereocenters. The van der Waals surface area contributed by atoms with E-state index < -0.39 is 18.0 Å². The van der Waals surface area contributed by atoms with Gasteiger partial charge in [-0.15, -0.1) is 5.10 Å². The summed E-state index contributed by atoms with van der Waals surface area (Å²) in [6.07, 6.45) is 4.91. The zero-order chi connectivity index (χ0) is 30.9. The molecule has 2 N–H and O–H groups in total. The predicted molar refractivity (Wildman–Crippen MR) is 172 cm³/mol. The first kappa shape index (κ1) is 29.4. The number of aryl methyl sites for hydroxylation is 1. The van der Waals surface area contributed by atoms with Gasteiger partial charge in [0.05, 0.1) is 17.5 Å². The van der Waals surface area contributed by atoms with Crippen molar-refractivity contribution in [3.8, 4) is 0 Å². The third kappa shape index (κ3) is 5.91. The van der Waals surface area contributed by atoms with Crippen molar-refractivity contribution in [2.24, 2.45) is 18.9 Å². The van der Waals surface area contributed by atoms with Crippen LogP contribution in [-0.4, -0.2) is 80.8 Å². The highest BCUT2D eigenvalue weighted by Crippen LogP contribution is 2.32. The topological polar surface area (TPSA) is 112 Å². The van der Waals surface area contributed by atoms with E-state index in [-0.39, 0.29) is 23.6 Å². The van der Waals surface area contributed by atoms with Crippen molar-refractivity contribution >= 4 is 39.5 Å². The number of nitrogens with one attached hydrogen (secondary N) is 2. The van der Waals surface area contributed by atoms with Crippen molar-refractivity contribution in [2.75, 3.05) is 26.2 Å². The number of amides is 3. The number of benzene rings is 3. The van der Waals surface area contributed by atoms with Crippen LogP contribution >= 0.6 is 0 Å². The molecule has 4 heterocycles. The fourth-order valence-electron chi connectivity index (χ4n) is 7.61. The molecule has 234 valence electrons. The maximum Gasteiger partial charge on any atom is 0.243 e. The molecule has 3 amide bonds. The molecule has 0 aliphatic carbocycles. The molecule has 0 saturated carbocycles. The molecule has 1 aromatic heterocycles. The van der Waals surface area contributed by atoms with Gasteiger partial charge in [0.1, 0.15) is 11.6 Å². The van der Waals surface area contributed by atoms with Crippen LogP contribution in [0.4, 0.5) is 0 Å². The maximum atomic E-state index is 14.4. The van der Waals surface area contributed by atoms with Gasteiger partial charge in [-0.1, -0.05) is 53.7 Å². The molecule has 7 rings (SSSR count). The molecule has 3 aliphatic heterocycles. The lowest BCUT2D eigenvalue weighted by molar-refractivity contribution is -0.146. The molecule has 0 bridgehead atoms. The van der Waals surface area contributed by atoms with Crippen molar-refractivity contribution in [1.29, 1.82) is 0 Å². The summed E-state index contributed by atoms with van der Waals surface area (Å²) in [6.45, 7) is 3.02. The van der Waals surface area contributed by atoms with Crippen molar-refractivity contribution < 1.29 is 14.4 Å². The number of aromatic nitrogens is 3. The van der Waals surface area contributed by atoms with Crippen LogP contribution in [0, 0.1) is 11.8 Å². The highest BCUT2D eigenvalue weighted by atomic mass is 16.2. The molecule has 0 unspecified atom stereocenters. The lowest BCUT2D eigenvalue weighted by Crippen LogP contribution is -2.59. The van der Waals surface area contributed by atoms with Gasteiger partial charge in [-0.3, -0.25) is 14.4 Å². The van der Waals surface area contributed by atoms with E-state index in [9.17, 15) is 14.4 Å². The molecule has 0 radical (unpaired) electrons. The molecule has 10 heteroatoms. The number of carbonyl (C=O) groups excluding carboxylic acids is 3. The molecule has 0 spiro atoms. The summed E-state index contributed by atoms with van der Waals surface area (Å²) in [4.78, 5) is 45.5. The summed E-state index contributed by atoms with van der Waals surface area (Å²) < 4.78 is 1.72. The van der Waals surface area contributed by atoms with Crippen molar-refractivity contribution in [1.82, 2.24) is 35.4 Å². The number of nitrogens with zero attached hydrogens (tertiary/aromatic N) is 5. The van der Waals surface area contributed by atoms with Crippen molar-refractivity contribution in [3.63, 3.8) is 0 Å². The number of hydrogen-bond acceptors (Lipinski definition) is 6. The van der Waals surface area contributed by atoms with E-state index >= 15 is 0 Å². The van der Waals surface area contributed by atoms with E-state index in [0.717, 1.165) is 55.4 Å². The first-order valence-corrected chi connectivity index (χ1v) is 16.3. The van der Waals surface area contributed by atoms with E-state index in [1.807, 2.05) is 36.2 Å². The maximum absolute atomic E-state index is 14.4. The Kier molecular flexibility index (Phi) is 8.23. The minimum absolute atomic E-state index is 0.0740. The summed E-state index contributed by atoms with van der Waals surface area (Å²) >= 11 is 0. The van der Waals surface area contributed by atoms with E-state index in [1.54, 1.807) is 9.58 Å². The Morgan fingerprint density at radius 3 is 2.67 bits per heavy atom. The number of piperidine rings is 1. The quantitative estimate of drug-likeness (QED) is 0.334. The second-order valence-electron chi connectivity index (χ2n) is 12.9. The average molecular weight is 608 g/mol. The van der Waals surface area contributed by atoms with Crippen LogP contribution in [0.5, 0.6) is 0 Å². The summed E-state index contributed by atoms with van der Waals surface area (Å²) in [5, 5.41) is 17.2. The van der Waals surface area contributed by atoms with Crippen molar-refractivity contribution in [2.45, 2.75) is 57.2 Å². The Balaban J connectivity index is 1.12. The normalized spacial score (nSPS) is 23.6. The Bertz CT molecular complexity index is 1720. The Labute approximate surface area is 263 Å².